The number of nitrogen functional groups attached to an aromatic ring is 1. The largest absolute Gasteiger partial charge is 0.397 e. The van der Waals surface area contributed by atoms with Gasteiger partial charge in [0, 0.05) is 13.2 Å². The fourth-order valence-corrected chi connectivity index (χ4v) is 2.29. The molecule has 0 fully saturated rings. The normalized spacial score (nSPS) is 11.5. The highest BCUT2D eigenvalue weighted by Gasteiger charge is 2.12. The molecular weight excluding hydrogens is 282 g/mol. The van der Waals surface area contributed by atoms with Gasteiger partial charge in [0.05, 0.1) is 29.5 Å². The van der Waals surface area contributed by atoms with Gasteiger partial charge < -0.3 is 20.9 Å². The quantitative estimate of drug-likeness (QED) is 0.377. The van der Waals surface area contributed by atoms with Gasteiger partial charge in [0.15, 0.2) is 0 Å². The van der Waals surface area contributed by atoms with Gasteiger partial charge >= 0.3 is 0 Å². The smallest absolute Gasteiger partial charge is 0.240 e. The molecular formula is C12H21N3O4S. The lowest BCUT2D eigenvalue weighted by Crippen LogP contribution is -2.19. The fraction of sp³-hybridized carbons (Fsp3) is 0.500. The molecule has 0 saturated heterocycles. The van der Waals surface area contributed by atoms with Crippen molar-refractivity contribution < 1.29 is 18.3 Å². The number of hydrogen-bond acceptors (Lipinski definition) is 6. The fourth-order valence-electron chi connectivity index (χ4n) is 1.54. The van der Waals surface area contributed by atoms with Crippen molar-refractivity contribution in [3.63, 3.8) is 0 Å². The number of sulfonamides is 1. The topological polar surface area (TPSA) is 114 Å². The molecule has 20 heavy (non-hydrogen) atoms. The van der Waals surface area contributed by atoms with E-state index >= 15 is 0 Å². The molecule has 7 nitrogen and oxygen atoms in total. The Labute approximate surface area is 119 Å². The van der Waals surface area contributed by atoms with Crippen LogP contribution in [0, 0.1) is 0 Å². The summed E-state index contributed by atoms with van der Waals surface area (Å²) in [6.45, 7) is 1.43. The van der Waals surface area contributed by atoms with Crippen molar-refractivity contribution in [3.8, 4) is 0 Å². The maximum absolute atomic E-state index is 11.7. The number of anilines is 2. The first-order valence-corrected chi connectivity index (χ1v) is 7.75. The molecule has 0 aliphatic rings. The van der Waals surface area contributed by atoms with Gasteiger partial charge in [-0.15, -0.1) is 0 Å². The summed E-state index contributed by atoms with van der Waals surface area (Å²) in [5.41, 5.74) is 6.85. The Morgan fingerprint density at radius 2 is 2.10 bits per heavy atom. The lowest BCUT2D eigenvalue weighted by atomic mass is 10.2. The summed E-state index contributed by atoms with van der Waals surface area (Å²) in [7, 11) is -2.12. The number of nitrogens with two attached hydrogens (primary N) is 1. The molecule has 1 rings (SSSR count). The molecule has 0 heterocycles. The van der Waals surface area contributed by atoms with Crippen LogP contribution in [0.2, 0.25) is 0 Å². The predicted molar refractivity (Wildman–Crippen MR) is 78.1 cm³/mol. The van der Waals surface area contributed by atoms with Crippen LogP contribution in [-0.2, 0) is 14.8 Å². The first-order chi connectivity index (χ1) is 9.51. The molecule has 8 heteroatoms. The Morgan fingerprint density at radius 1 is 1.35 bits per heavy atom. The summed E-state index contributed by atoms with van der Waals surface area (Å²) in [6.07, 6.45) is 0.725. The van der Waals surface area contributed by atoms with Crippen LogP contribution in [0.25, 0.3) is 0 Å². The average molecular weight is 303 g/mol. The number of hydrogen-bond donors (Lipinski definition) is 4. The van der Waals surface area contributed by atoms with E-state index in [2.05, 4.69) is 10.0 Å². The van der Waals surface area contributed by atoms with E-state index in [4.69, 9.17) is 15.6 Å². The highest BCUT2D eigenvalue weighted by Crippen LogP contribution is 2.22. The molecule has 0 aromatic heterocycles. The zero-order chi connectivity index (χ0) is 15.0. The third-order valence-electron chi connectivity index (χ3n) is 2.62. The van der Waals surface area contributed by atoms with Crippen LogP contribution in [0.15, 0.2) is 23.1 Å². The minimum atomic E-state index is -3.48. The number of rotatable bonds is 9. The van der Waals surface area contributed by atoms with E-state index in [1.54, 1.807) is 6.07 Å². The van der Waals surface area contributed by atoms with E-state index in [0.717, 1.165) is 6.42 Å². The highest BCUT2D eigenvalue weighted by atomic mass is 32.2. The molecule has 0 saturated carbocycles. The molecule has 1 aromatic rings. The van der Waals surface area contributed by atoms with Crippen molar-refractivity contribution in [1.29, 1.82) is 0 Å². The first kappa shape index (κ1) is 16.7. The Kier molecular flexibility index (Phi) is 6.73. The maximum Gasteiger partial charge on any atom is 0.240 e. The molecule has 0 amide bonds. The minimum Gasteiger partial charge on any atom is -0.397 e. The molecule has 0 atom stereocenters. The summed E-state index contributed by atoms with van der Waals surface area (Å²) >= 11 is 0. The molecule has 0 spiro atoms. The van der Waals surface area contributed by atoms with E-state index < -0.39 is 10.0 Å². The summed E-state index contributed by atoms with van der Waals surface area (Å²) in [6, 6.07) is 4.50. The SMILES string of the molecule is CNS(=O)(=O)c1ccc(N)c(NCCCOCCO)c1. The van der Waals surface area contributed by atoms with Crippen LogP contribution in [-0.4, -0.2) is 46.9 Å². The van der Waals surface area contributed by atoms with Gasteiger partial charge in [0.25, 0.3) is 0 Å². The van der Waals surface area contributed by atoms with E-state index in [9.17, 15) is 8.42 Å². The second kappa shape index (κ2) is 8.05. The molecule has 1 aromatic carbocycles. The lowest BCUT2D eigenvalue weighted by molar-refractivity contribution is 0.0922. The number of benzene rings is 1. The molecule has 0 bridgehead atoms. The Morgan fingerprint density at radius 3 is 2.75 bits per heavy atom. The van der Waals surface area contributed by atoms with Crippen molar-refractivity contribution in [1.82, 2.24) is 4.72 Å². The van der Waals surface area contributed by atoms with E-state index in [0.29, 0.717) is 31.1 Å². The Balaban J connectivity index is 2.59. The summed E-state index contributed by atoms with van der Waals surface area (Å²) in [5.74, 6) is 0. The highest BCUT2D eigenvalue weighted by molar-refractivity contribution is 7.89. The first-order valence-electron chi connectivity index (χ1n) is 6.27. The molecule has 114 valence electrons. The van der Waals surface area contributed by atoms with E-state index in [1.165, 1.54) is 19.2 Å². The molecule has 0 aliphatic heterocycles. The van der Waals surface area contributed by atoms with Crippen molar-refractivity contribution in [2.45, 2.75) is 11.3 Å². The van der Waals surface area contributed by atoms with Crippen molar-refractivity contribution >= 4 is 21.4 Å². The predicted octanol–water partition coefficient (Wildman–Crippen LogP) is -0.0122. The number of ether oxygens (including phenoxy) is 1. The van der Waals surface area contributed by atoms with Gasteiger partial charge in [-0.25, -0.2) is 13.1 Å². The number of aliphatic hydroxyl groups excluding tert-OH is 1. The molecule has 0 unspecified atom stereocenters. The minimum absolute atomic E-state index is 0.00427. The van der Waals surface area contributed by atoms with Crippen LogP contribution < -0.4 is 15.8 Å². The van der Waals surface area contributed by atoms with Crippen molar-refractivity contribution in [3.05, 3.63) is 18.2 Å². The Bertz CT molecular complexity index is 519. The summed E-state index contributed by atoms with van der Waals surface area (Å²) < 4.78 is 30.8. The van der Waals surface area contributed by atoms with Crippen LogP contribution in [0.5, 0.6) is 0 Å². The average Bonchev–Trinajstić information content (AvgIpc) is 2.44. The van der Waals surface area contributed by atoms with Crippen LogP contribution >= 0.6 is 0 Å². The third kappa shape index (κ3) is 4.97. The second-order valence-corrected chi connectivity index (χ2v) is 5.96. The van der Waals surface area contributed by atoms with Gasteiger partial charge in [-0.05, 0) is 31.7 Å². The monoisotopic (exact) mass is 303 g/mol. The Hall–Kier alpha value is -1.35. The summed E-state index contributed by atoms with van der Waals surface area (Å²) in [5, 5.41) is 11.6. The molecule has 5 N–H and O–H groups in total. The number of aliphatic hydroxyl groups is 1. The van der Waals surface area contributed by atoms with Crippen LogP contribution in [0.1, 0.15) is 6.42 Å². The van der Waals surface area contributed by atoms with E-state index in [-0.39, 0.29) is 11.5 Å². The zero-order valence-electron chi connectivity index (χ0n) is 11.4. The van der Waals surface area contributed by atoms with Crippen LogP contribution in [0.4, 0.5) is 11.4 Å². The van der Waals surface area contributed by atoms with Gasteiger partial charge in [-0.3, -0.25) is 0 Å². The standard InChI is InChI=1S/C12H21N3O4S/c1-14-20(17,18)10-3-4-11(13)12(9-10)15-5-2-7-19-8-6-16/h3-4,9,14-16H,2,5-8,13H2,1H3. The lowest BCUT2D eigenvalue weighted by Gasteiger charge is -2.11. The van der Waals surface area contributed by atoms with Crippen molar-refractivity contribution in [2.75, 3.05) is 44.5 Å². The number of nitrogens with one attached hydrogen (secondary N) is 2. The maximum atomic E-state index is 11.7. The van der Waals surface area contributed by atoms with Gasteiger partial charge in [0.2, 0.25) is 10.0 Å². The van der Waals surface area contributed by atoms with Crippen LogP contribution in [0.3, 0.4) is 0 Å². The van der Waals surface area contributed by atoms with Gasteiger partial charge in [0.1, 0.15) is 0 Å². The van der Waals surface area contributed by atoms with E-state index in [1.807, 2.05) is 0 Å². The van der Waals surface area contributed by atoms with Crippen molar-refractivity contribution in [2.24, 2.45) is 0 Å². The second-order valence-electron chi connectivity index (χ2n) is 4.07. The van der Waals surface area contributed by atoms with Gasteiger partial charge in [-0.1, -0.05) is 0 Å². The third-order valence-corrected chi connectivity index (χ3v) is 4.03. The summed E-state index contributed by atoms with van der Waals surface area (Å²) in [4.78, 5) is 0.160. The zero-order valence-corrected chi connectivity index (χ0v) is 12.2. The van der Waals surface area contributed by atoms with Gasteiger partial charge in [-0.2, -0.15) is 0 Å². The molecule has 0 aliphatic carbocycles. The molecule has 0 radical (unpaired) electrons.